The molecule has 0 radical (unpaired) electrons. The Labute approximate surface area is 242 Å². The number of hydrogen-bond donors (Lipinski definition) is 1. The molecule has 7 nitrogen and oxygen atoms in total. The zero-order valence-electron chi connectivity index (χ0n) is 25.3. The number of furan rings is 1. The zero-order valence-corrected chi connectivity index (χ0v) is 25.3. The highest BCUT2D eigenvalue weighted by Crippen LogP contribution is 2.75. The molecule has 7 heteroatoms. The summed E-state index contributed by atoms with van der Waals surface area (Å²) in [7, 11) is 0. The van der Waals surface area contributed by atoms with E-state index in [-0.39, 0.29) is 46.8 Å². The molecule has 1 aromatic heterocycles. The van der Waals surface area contributed by atoms with Crippen molar-refractivity contribution in [3.8, 4) is 0 Å². The van der Waals surface area contributed by atoms with Crippen LogP contribution in [0.2, 0.25) is 0 Å². The van der Waals surface area contributed by atoms with Gasteiger partial charge in [0.05, 0.1) is 36.8 Å². The lowest BCUT2D eigenvalue weighted by molar-refractivity contribution is -0.185. The molecule has 41 heavy (non-hydrogen) atoms. The second-order valence-corrected chi connectivity index (χ2v) is 15.9. The molecule has 0 amide bonds. The summed E-state index contributed by atoms with van der Waals surface area (Å²) in [5.74, 6) is 1.41. The molecule has 0 aromatic carbocycles. The van der Waals surface area contributed by atoms with Crippen LogP contribution in [0.3, 0.4) is 0 Å². The molecule has 6 fully saturated rings. The van der Waals surface area contributed by atoms with E-state index in [1.165, 1.54) is 12.0 Å². The normalized spacial score (nSPS) is 55.3. The molecule has 4 aliphatic heterocycles. The summed E-state index contributed by atoms with van der Waals surface area (Å²) in [4.78, 5) is 14.7. The number of ether oxygens (including phenoxy) is 4. The second-order valence-electron chi connectivity index (χ2n) is 15.9. The third kappa shape index (κ3) is 2.61. The summed E-state index contributed by atoms with van der Waals surface area (Å²) in [6.45, 7) is 13.2. The Morgan fingerprint density at radius 3 is 2.44 bits per heavy atom. The molecular weight excluding hydrogens is 520 g/mol. The van der Waals surface area contributed by atoms with Crippen LogP contribution in [-0.4, -0.2) is 52.8 Å². The van der Waals surface area contributed by atoms with Gasteiger partial charge in [-0.3, -0.25) is 4.79 Å². The average molecular weight is 565 g/mol. The van der Waals surface area contributed by atoms with Gasteiger partial charge in [-0.2, -0.15) is 0 Å². The van der Waals surface area contributed by atoms with Crippen molar-refractivity contribution in [2.45, 2.75) is 134 Å². The van der Waals surface area contributed by atoms with Gasteiger partial charge in [0.1, 0.15) is 28.5 Å². The summed E-state index contributed by atoms with van der Waals surface area (Å²) in [6.07, 6.45) is 8.51. The SMILES string of the molecule is CC1=C2C[C@]3(C)[C@@H](C)CC[C@H]4O[C@]43C[C@@]23C[C@@](CO)(C(=O)O[C@@H]2c4c(C)coc4C[C@@]45O[C@@H]4CC[C@H](C)[C@@]25C)[C@@H]1O3. The number of epoxide rings is 2. The van der Waals surface area contributed by atoms with Crippen LogP contribution >= 0.6 is 0 Å². The summed E-state index contributed by atoms with van der Waals surface area (Å²) >= 11 is 0. The van der Waals surface area contributed by atoms with Gasteiger partial charge in [0, 0.05) is 35.7 Å². The minimum Gasteiger partial charge on any atom is -0.469 e. The Hall–Kier alpha value is -1.67. The number of rotatable bonds is 3. The molecule has 1 N–H and O–H groups in total. The van der Waals surface area contributed by atoms with E-state index in [9.17, 15) is 9.90 Å². The summed E-state index contributed by atoms with van der Waals surface area (Å²) in [5, 5.41) is 11.1. The molecule has 0 unspecified atom stereocenters. The average Bonchev–Trinajstić information content (AvgIpc) is 3.72. The first-order valence-electron chi connectivity index (χ1n) is 16.0. The fraction of sp³-hybridized carbons (Fsp3) is 0.794. The van der Waals surface area contributed by atoms with Gasteiger partial charge in [0.15, 0.2) is 0 Å². The standard InChI is InChI=1S/C34H44O7/c1-17-13-37-22-12-33-23(39-33)10-8-19(3)30(33,6)27(25(17)22)38-28(36)31(16-35)14-32-15-34-24(40-34)9-7-18(2)29(34,5)11-21(32)20(4)26(31)41-32/h13,18-19,23-24,26-27,35H,7-12,14-16H2,1-6H3/t18-,19-,23+,24+,26+,27+,29+,30-,31-,32-,33+,34+/m0/s1. The first-order chi connectivity index (χ1) is 19.4. The Morgan fingerprint density at radius 1 is 0.976 bits per heavy atom. The van der Waals surface area contributed by atoms with Gasteiger partial charge in [-0.25, -0.2) is 0 Å². The molecule has 3 saturated carbocycles. The number of carbonyl (C=O) groups is 1. The third-order valence-corrected chi connectivity index (χ3v) is 14.5. The van der Waals surface area contributed by atoms with Gasteiger partial charge in [0.2, 0.25) is 0 Å². The van der Waals surface area contributed by atoms with Crippen molar-refractivity contribution in [3.63, 3.8) is 0 Å². The first-order valence-corrected chi connectivity index (χ1v) is 16.0. The maximum absolute atomic E-state index is 14.7. The Kier molecular flexibility index (Phi) is 4.62. The van der Waals surface area contributed by atoms with Crippen molar-refractivity contribution in [3.05, 3.63) is 34.3 Å². The predicted molar refractivity (Wildman–Crippen MR) is 148 cm³/mol. The van der Waals surface area contributed by atoms with Crippen molar-refractivity contribution >= 4 is 5.97 Å². The number of aryl methyl sites for hydroxylation is 1. The van der Waals surface area contributed by atoms with Crippen LogP contribution in [-0.2, 0) is 30.2 Å². The zero-order chi connectivity index (χ0) is 28.5. The highest BCUT2D eigenvalue weighted by atomic mass is 16.6. The number of aliphatic hydroxyl groups is 1. The molecule has 3 spiro atoms. The van der Waals surface area contributed by atoms with Crippen LogP contribution in [0, 0.1) is 35.0 Å². The Morgan fingerprint density at radius 2 is 1.68 bits per heavy atom. The summed E-state index contributed by atoms with van der Waals surface area (Å²) < 4.78 is 32.7. The number of fused-ring (bicyclic) bond motifs is 2. The summed E-state index contributed by atoms with van der Waals surface area (Å²) in [6, 6.07) is 0. The van der Waals surface area contributed by atoms with E-state index >= 15 is 0 Å². The van der Waals surface area contributed by atoms with Crippen LogP contribution in [0.4, 0.5) is 0 Å². The van der Waals surface area contributed by atoms with Crippen LogP contribution in [0.5, 0.6) is 0 Å². The number of carbonyl (C=O) groups excluding carboxylic acids is 1. The summed E-state index contributed by atoms with van der Waals surface area (Å²) in [5.41, 5.74) is 1.91. The molecule has 222 valence electrons. The monoisotopic (exact) mass is 564 g/mol. The molecule has 9 rings (SSSR count). The Bertz CT molecular complexity index is 1430. The minimum absolute atomic E-state index is 0.0755. The van der Waals surface area contributed by atoms with Crippen LogP contribution < -0.4 is 0 Å². The van der Waals surface area contributed by atoms with Crippen molar-refractivity contribution in [2.75, 3.05) is 6.61 Å². The smallest absolute Gasteiger partial charge is 0.318 e. The largest absolute Gasteiger partial charge is 0.469 e. The van der Waals surface area contributed by atoms with Crippen molar-refractivity contribution in [1.29, 1.82) is 0 Å². The van der Waals surface area contributed by atoms with Gasteiger partial charge >= 0.3 is 5.97 Å². The van der Waals surface area contributed by atoms with E-state index < -0.39 is 23.2 Å². The van der Waals surface area contributed by atoms with E-state index in [2.05, 4.69) is 34.6 Å². The van der Waals surface area contributed by atoms with Crippen LogP contribution in [0.25, 0.3) is 0 Å². The highest BCUT2D eigenvalue weighted by Gasteiger charge is 2.80. The fourth-order valence-corrected chi connectivity index (χ4v) is 11.6. The molecule has 2 bridgehead atoms. The first kappa shape index (κ1) is 25.8. The van der Waals surface area contributed by atoms with Crippen molar-refractivity contribution in [1.82, 2.24) is 0 Å². The lowest BCUT2D eigenvalue weighted by Gasteiger charge is -2.54. The van der Waals surface area contributed by atoms with Crippen molar-refractivity contribution in [2.24, 2.45) is 28.1 Å². The number of aliphatic hydroxyl groups excluding tert-OH is 1. The third-order valence-electron chi connectivity index (χ3n) is 14.5. The molecular formula is C34H44O7. The van der Waals surface area contributed by atoms with E-state index in [4.69, 9.17) is 23.4 Å². The van der Waals surface area contributed by atoms with Gasteiger partial charge < -0.3 is 28.5 Å². The molecule has 12 atom stereocenters. The quantitative estimate of drug-likeness (QED) is 0.294. The molecule has 4 aliphatic carbocycles. The molecule has 3 saturated heterocycles. The van der Waals surface area contributed by atoms with Gasteiger partial charge in [-0.05, 0) is 74.5 Å². The minimum atomic E-state index is -1.14. The maximum atomic E-state index is 14.7. The lowest BCUT2D eigenvalue weighted by Crippen LogP contribution is -2.58. The van der Waals surface area contributed by atoms with E-state index in [0.717, 1.165) is 61.0 Å². The lowest BCUT2D eigenvalue weighted by atomic mass is 9.49. The second kappa shape index (κ2) is 7.34. The topological polar surface area (TPSA) is 94.0 Å². The molecule has 8 aliphatic rings. The van der Waals surface area contributed by atoms with E-state index in [0.29, 0.717) is 18.3 Å². The Balaban J connectivity index is 1.10. The molecule has 1 aromatic rings. The van der Waals surface area contributed by atoms with Gasteiger partial charge in [0.25, 0.3) is 0 Å². The maximum Gasteiger partial charge on any atom is 0.318 e. The van der Waals surface area contributed by atoms with Gasteiger partial charge in [-0.1, -0.05) is 27.7 Å². The van der Waals surface area contributed by atoms with E-state index in [1.54, 1.807) is 6.26 Å². The van der Waals surface area contributed by atoms with Crippen molar-refractivity contribution < 1.29 is 33.3 Å². The molecule has 5 heterocycles. The van der Waals surface area contributed by atoms with E-state index in [1.807, 2.05) is 6.92 Å². The van der Waals surface area contributed by atoms with Crippen LogP contribution in [0.1, 0.15) is 103 Å². The fourth-order valence-electron chi connectivity index (χ4n) is 11.6. The number of esters is 1. The number of hydrogen-bond acceptors (Lipinski definition) is 7. The predicted octanol–water partition coefficient (Wildman–Crippen LogP) is 5.51. The highest BCUT2D eigenvalue weighted by molar-refractivity contribution is 5.81. The van der Waals surface area contributed by atoms with Crippen LogP contribution in [0.15, 0.2) is 21.8 Å². The van der Waals surface area contributed by atoms with Gasteiger partial charge in [-0.15, -0.1) is 0 Å².